The third kappa shape index (κ3) is 3.48. The van der Waals surface area contributed by atoms with Crippen LogP contribution in [0.15, 0.2) is 24.3 Å². The zero-order valence-corrected chi connectivity index (χ0v) is 10.4. The number of methoxy groups -OCH3 is 1. The van der Waals surface area contributed by atoms with Crippen molar-refractivity contribution in [2.75, 3.05) is 7.11 Å². The van der Waals surface area contributed by atoms with E-state index in [2.05, 4.69) is 12.2 Å². The molecule has 0 radical (unpaired) electrons. The smallest absolute Gasteiger partial charge is 0.224 e. The maximum atomic E-state index is 11.8. The van der Waals surface area contributed by atoms with Crippen molar-refractivity contribution in [1.82, 2.24) is 5.32 Å². The van der Waals surface area contributed by atoms with Gasteiger partial charge in [0, 0.05) is 6.04 Å². The molecular formula is C14H19NO2. The molecule has 0 saturated heterocycles. The largest absolute Gasteiger partial charge is 0.497 e. The Kier molecular flexibility index (Phi) is 3.67. The van der Waals surface area contributed by atoms with E-state index in [1.165, 1.54) is 12.8 Å². The SMILES string of the molecule is COc1cccc(CC(=O)NC(C)C2CC2)c1. The summed E-state index contributed by atoms with van der Waals surface area (Å²) in [6.07, 6.45) is 2.93. The molecule has 1 saturated carbocycles. The van der Waals surface area contributed by atoms with Crippen molar-refractivity contribution in [3.05, 3.63) is 29.8 Å². The molecule has 1 unspecified atom stereocenters. The van der Waals surface area contributed by atoms with E-state index >= 15 is 0 Å². The molecule has 1 aliphatic rings. The number of ether oxygens (including phenoxy) is 1. The molecule has 1 N–H and O–H groups in total. The molecule has 1 fully saturated rings. The van der Waals surface area contributed by atoms with Gasteiger partial charge in [0.05, 0.1) is 13.5 Å². The summed E-state index contributed by atoms with van der Waals surface area (Å²) in [6, 6.07) is 7.96. The number of rotatable bonds is 5. The predicted molar refractivity (Wildman–Crippen MR) is 67.0 cm³/mol. The van der Waals surface area contributed by atoms with Crippen molar-refractivity contribution < 1.29 is 9.53 Å². The Labute approximate surface area is 102 Å². The monoisotopic (exact) mass is 233 g/mol. The Hall–Kier alpha value is -1.51. The van der Waals surface area contributed by atoms with Crippen molar-refractivity contribution in [3.63, 3.8) is 0 Å². The number of benzene rings is 1. The Morgan fingerprint density at radius 3 is 2.94 bits per heavy atom. The first-order chi connectivity index (χ1) is 8.19. The highest BCUT2D eigenvalue weighted by Crippen LogP contribution is 2.32. The fourth-order valence-electron chi connectivity index (χ4n) is 1.99. The third-order valence-electron chi connectivity index (χ3n) is 3.22. The fourth-order valence-corrected chi connectivity index (χ4v) is 1.99. The first kappa shape index (κ1) is 12.0. The maximum Gasteiger partial charge on any atom is 0.224 e. The molecule has 3 heteroatoms. The van der Waals surface area contributed by atoms with Gasteiger partial charge in [-0.15, -0.1) is 0 Å². The van der Waals surface area contributed by atoms with Gasteiger partial charge >= 0.3 is 0 Å². The molecule has 2 rings (SSSR count). The maximum absolute atomic E-state index is 11.8. The van der Waals surface area contributed by atoms with Crippen molar-refractivity contribution in [3.8, 4) is 5.75 Å². The van der Waals surface area contributed by atoms with Crippen molar-refractivity contribution in [2.24, 2.45) is 5.92 Å². The van der Waals surface area contributed by atoms with Gasteiger partial charge in [0.15, 0.2) is 0 Å². The summed E-state index contributed by atoms with van der Waals surface area (Å²) in [7, 11) is 1.63. The topological polar surface area (TPSA) is 38.3 Å². The molecule has 3 nitrogen and oxygen atoms in total. The number of carbonyl (C=O) groups excluding carboxylic acids is 1. The minimum absolute atomic E-state index is 0.0950. The highest BCUT2D eigenvalue weighted by Gasteiger charge is 2.28. The summed E-state index contributed by atoms with van der Waals surface area (Å²) in [6.45, 7) is 2.08. The van der Waals surface area contributed by atoms with E-state index in [0.717, 1.165) is 11.3 Å². The molecule has 92 valence electrons. The van der Waals surface area contributed by atoms with Crippen LogP contribution < -0.4 is 10.1 Å². The van der Waals surface area contributed by atoms with Gasteiger partial charge < -0.3 is 10.1 Å². The number of carbonyl (C=O) groups is 1. The molecule has 0 heterocycles. The van der Waals surface area contributed by atoms with Gasteiger partial charge in [0.25, 0.3) is 0 Å². The van der Waals surface area contributed by atoms with E-state index in [0.29, 0.717) is 18.4 Å². The van der Waals surface area contributed by atoms with Crippen LogP contribution in [0.1, 0.15) is 25.3 Å². The minimum atomic E-state index is 0.0950. The second-order valence-electron chi connectivity index (χ2n) is 4.72. The normalized spacial score (nSPS) is 16.4. The molecule has 0 spiro atoms. The molecule has 0 aliphatic heterocycles. The number of nitrogens with one attached hydrogen (secondary N) is 1. The van der Waals surface area contributed by atoms with E-state index in [1.807, 2.05) is 24.3 Å². The summed E-state index contributed by atoms with van der Waals surface area (Å²) in [5.74, 6) is 1.59. The van der Waals surface area contributed by atoms with Gasteiger partial charge in [-0.3, -0.25) is 4.79 Å². The number of hydrogen-bond donors (Lipinski definition) is 1. The van der Waals surface area contributed by atoms with Gasteiger partial charge in [-0.05, 0) is 43.4 Å². The van der Waals surface area contributed by atoms with Crippen LogP contribution in [-0.2, 0) is 11.2 Å². The number of hydrogen-bond acceptors (Lipinski definition) is 2. The predicted octanol–water partition coefficient (Wildman–Crippen LogP) is 2.15. The van der Waals surface area contributed by atoms with E-state index < -0.39 is 0 Å². The zero-order chi connectivity index (χ0) is 12.3. The van der Waals surface area contributed by atoms with E-state index in [1.54, 1.807) is 7.11 Å². The Morgan fingerprint density at radius 2 is 2.29 bits per heavy atom. The van der Waals surface area contributed by atoms with Gasteiger partial charge in [0.2, 0.25) is 5.91 Å². The lowest BCUT2D eigenvalue weighted by atomic mass is 10.1. The van der Waals surface area contributed by atoms with E-state index in [4.69, 9.17) is 4.74 Å². The van der Waals surface area contributed by atoms with Gasteiger partial charge in [-0.2, -0.15) is 0 Å². The van der Waals surface area contributed by atoms with E-state index in [9.17, 15) is 4.79 Å². The number of amides is 1. The van der Waals surface area contributed by atoms with Crippen LogP contribution >= 0.6 is 0 Å². The molecule has 1 aliphatic carbocycles. The average molecular weight is 233 g/mol. The fraction of sp³-hybridized carbons (Fsp3) is 0.500. The van der Waals surface area contributed by atoms with Crippen LogP contribution in [0.2, 0.25) is 0 Å². The van der Waals surface area contributed by atoms with Crippen LogP contribution in [0, 0.1) is 5.92 Å². The summed E-state index contributed by atoms with van der Waals surface area (Å²) < 4.78 is 5.13. The minimum Gasteiger partial charge on any atom is -0.497 e. The van der Waals surface area contributed by atoms with Crippen LogP contribution in [0.4, 0.5) is 0 Å². The molecule has 1 aromatic rings. The third-order valence-corrected chi connectivity index (χ3v) is 3.22. The summed E-state index contributed by atoms with van der Waals surface area (Å²) >= 11 is 0. The standard InChI is InChI=1S/C14H19NO2/c1-10(12-6-7-12)15-14(16)9-11-4-3-5-13(8-11)17-2/h3-5,8,10,12H,6-7,9H2,1-2H3,(H,15,16). The highest BCUT2D eigenvalue weighted by molar-refractivity contribution is 5.79. The van der Waals surface area contributed by atoms with Gasteiger partial charge in [-0.25, -0.2) is 0 Å². The van der Waals surface area contributed by atoms with Crippen LogP contribution in [0.3, 0.4) is 0 Å². The molecule has 0 aromatic heterocycles. The van der Waals surface area contributed by atoms with Crippen LogP contribution in [0.5, 0.6) is 5.75 Å². The molecule has 17 heavy (non-hydrogen) atoms. The lowest BCUT2D eigenvalue weighted by Crippen LogP contribution is -2.35. The zero-order valence-electron chi connectivity index (χ0n) is 10.4. The first-order valence-corrected chi connectivity index (χ1v) is 6.11. The van der Waals surface area contributed by atoms with Crippen molar-refractivity contribution in [1.29, 1.82) is 0 Å². The van der Waals surface area contributed by atoms with E-state index in [-0.39, 0.29) is 5.91 Å². The second-order valence-corrected chi connectivity index (χ2v) is 4.72. The average Bonchev–Trinajstić information content (AvgIpc) is 3.12. The Balaban J connectivity index is 1.88. The first-order valence-electron chi connectivity index (χ1n) is 6.11. The molecule has 1 atom stereocenters. The lowest BCUT2D eigenvalue weighted by molar-refractivity contribution is -0.121. The lowest BCUT2D eigenvalue weighted by Gasteiger charge is -2.12. The molecule has 0 bridgehead atoms. The van der Waals surface area contributed by atoms with Crippen molar-refractivity contribution in [2.45, 2.75) is 32.2 Å². The Morgan fingerprint density at radius 1 is 1.53 bits per heavy atom. The van der Waals surface area contributed by atoms with Crippen LogP contribution in [0.25, 0.3) is 0 Å². The molecular weight excluding hydrogens is 214 g/mol. The second kappa shape index (κ2) is 5.21. The van der Waals surface area contributed by atoms with Crippen LogP contribution in [-0.4, -0.2) is 19.1 Å². The molecule has 1 amide bonds. The van der Waals surface area contributed by atoms with Gasteiger partial charge in [0.1, 0.15) is 5.75 Å². The molecule has 1 aromatic carbocycles. The summed E-state index contributed by atoms with van der Waals surface area (Å²) in [5.41, 5.74) is 0.991. The Bertz CT molecular complexity index is 399. The quantitative estimate of drug-likeness (QED) is 0.846. The highest BCUT2D eigenvalue weighted by atomic mass is 16.5. The summed E-state index contributed by atoms with van der Waals surface area (Å²) in [4.78, 5) is 11.8. The van der Waals surface area contributed by atoms with Gasteiger partial charge in [-0.1, -0.05) is 12.1 Å². The van der Waals surface area contributed by atoms with Crippen molar-refractivity contribution >= 4 is 5.91 Å². The summed E-state index contributed by atoms with van der Waals surface area (Å²) in [5, 5.41) is 3.05.